The monoisotopic (exact) mass is 560 g/mol. The Balaban J connectivity index is 1.27. The molecule has 11 heteroatoms. The largest absolute Gasteiger partial charge is 0.456 e. The standard InChI is InChI=1S/C29H36O11/c1-14(7-16-8-15(2)23(33)36-16)22(32)24(3)5-6-26-12-27-19(10-20(31)39-27)38-25(4,13-30)21(27)17-9-18(26)29(35,37-17)28(34,11-24)40-26/h7-8,14,17-19,21,30,34-35H,5-6,9-13H2,1-4H3. The molecule has 0 radical (unpaired) electrons. The molecule has 6 fully saturated rings. The lowest BCUT2D eigenvalue weighted by Crippen LogP contribution is -2.60. The molecule has 11 unspecified atom stereocenters. The summed E-state index contributed by atoms with van der Waals surface area (Å²) >= 11 is 0. The van der Waals surface area contributed by atoms with Gasteiger partial charge in [-0.3, -0.25) is 9.59 Å². The Morgan fingerprint density at radius 1 is 1.18 bits per heavy atom. The molecule has 0 amide bonds. The first-order valence-electron chi connectivity index (χ1n) is 14.1. The van der Waals surface area contributed by atoms with Gasteiger partial charge in [-0.25, -0.2) is 4.79 Å². The number of allylic oxidation sites excluding steroid dienone is 2. The molecule has 6 aliphatic heterocycles. The fraction of sp³-hybridized carbons (Fsp3) is 0.759. The summed E-state index contributed by atoms with van der Waals surface area (Å²) in [4.78, 5) is 38.3. The van der Waals surface area contributed by atoms with Gasteiger partial charge in [0.1, 0.15) is 23.2 Å². The van der Waals surface area contributed by atoms with Crippen LogP contribution in [0, 0.1) is 23.2 Å². The van der Waals surface area contributed by atoms with Gasteiger partial charge in [0, 0.05) is 29.7 Å². The van der Waals surface area contributed by atoms with Crippen molar-refractivity contribution >= 4 is 17.7 Å². The number of fused-ring (bicyclic) bond motifs is 4. The number of Topliss-reactive ketones (excluding diaryl/α,β-unsaturated/α-hetero) is 1. The Morgan fingerprint density at radius 2 is 1.93 bits per heavy atom. The van der Waals surface area contributed by atoms with Gasteiger partial charge in [0.15, 0.2) is 0 Å². The number of aliphatic hydroxyl groups is 3. The summed E-state index contributed by atoms with van der Waals surface area (Å²) in [6.07, 6.45) is 2.76. The van der Waals surface area contributed by atoms with Crippen molar-refractivity contribution < 1.29 is 53.4 Å². The van der Waals surface area contributed by atoms with Crippen molar-refractivity contribution in [2.24, 2.45) is 23.2 Å². The number of carbonyl (C=O) groups is 3. The number of aliphatic hydroxyl groups excluding tert-OH is 1. The van der Waals surface area contributed by atoms with Gasteiger partial charge < -0.3 is 39.0 Å². The highest BCUT2D eigenvalue weighted by Gasteiger charge is 2.84. The lowest BCUT2D eigenvalue weighted by Gasteiger charge is -2.46. The Labute approximate surface area is 231 Å². The number of esters is 2. The first-order valence-corrected chi connectivity index (χ1v) is 14.1. The maximum atomic E-state index is 13.9. The van der Waals surface area contributed by atoms with Crippen molar-refractivity contribution in [2.75, 3.05) is 6.61 Å². The molecule has 3 N–H and O–H groups in total. The van der Waals surface area contributed by atoms with Crippen molar-refractivity contribution in [1.82, 2.24) is 0 Å². The molecule has 218 valence electrons. The highest BCUT2D eigenvalue weighted by Crippen LogP contribution is 2.71. The second-order valence-corrected chi connectivity index (χ2v) is 13.6. The molecule has 11 atom stereocenters. The number of hydrogen-bond donors (Lipinski definition) is 3. The smallest absolute Gasteiger partial charge is 0.339 e. The predicted molar refractivity (Wildman–Crippen MR) is 133 cm³/mol. The molecule has 7 rings (SSSR count). The number of cyclic esters (lactones) is 1. The van der Waals surface area contributed by atoms with Crippen LogP contribution in [0.3, 0.4) is 0 Å². The zero-order valence-electron chi connectivity index (χ0n) is 23.1. The fourth-order valence-electron chi connectivity index (χ4n) is 9.30. The highest BCUT2D eigenvalue weighted by molar-refractivity contribution is 5.93. The molecule has 4 bridgehead atoms. The van der Waals surface area contributed by atoms with Gasteiger partial charge in [-0.1, -0.05) is 13.8 Å². The Kier molecular flexibility index (Phi) is 5.22. The van der Waals surface area contributed by atoms with Crippen LogP contribution in [0.15, 0.2) is 23.5 Å². The number of ketones is 1. The van der Waals surface area contributed by atoms with E-state index in [0.717, 1.165) is 0 Å². The number of ether oxygens (including phenoxy) is 5. The average molecular weight is 561 g/mol. The van der Waals surface area contributed by atoms with Crippen LogP contribution < -0.4 is 0 Å². The van der Waals surface area contributed by atoms with Crippen molar-refractivity contribution in [3.8, 4) is 0 Å². The van der Waals surface area contributed by atoms with E-state index < -0.39 is 75.7 Å². The van der Waals surface area contributed by atoms with E-state index in [-0.39, 0.29) is 31.7 Å². The van der Waals surface area contributed by atoms with Gasteiger partial charge in [-0.05, 0) is 45.3 Å². The van der Waals surface area contributed by atoms with E-state index in [1.807, 2.05) is 0 Å². The molecule has 6 heterocycles. The van der Waals surface area contributed by atoms with Crippen molar-refractivity contribution in [1.29, 1.82) is 0 Å². The first kappa shape index (κ1) is 26.7. The number of rotatable bonds is 4. The van der Waals surface area contributed by atoms with E-state index in [4.69, 9.17) is 23.7 Å². The lowest BCUT2D eigenvalue weighted by atomic mass is 9.63. The van der Waals surface area contributed by atoms with Crippen LogP contribution in [-0.2, 0) is 38.1 Å². The Bertz CT molecular complexity index is 1290. The van der Waals surface area contributed by atoms with Gasteiger partial charge in [0.25, 0.3) is 0 Å². The second kappa shape index (κ2) is 7.81. The van der Waals surface area contributed by atoms with Gasteiger partial charge in [-0.2, -0.15) is 0 Å². The molecule has 0 aromatic carbocycles. The summed E-state index contributed by atoms with van der Waals surface area (Å²) in [5.74, 6) is -6.96. The predicted octanol–water partition coefficient (Wildman–Crippen LogP) is 1.18. The summed E-state index contributed by atoms with van der Waals surface area (Å²) in [5.41, 5.74) is -4.09. The summed E-state index contributed by atoms with van der Waals surface area (Å²) in [6, 6.07) is 0. The molecule has 1 aliphatic carbocycles. The third kappa shape index (κ3) is 3.13. The molecule has 0 aromatic rings. The molecule has 40 heavy (non-hydrogen) atoms. The molecule has 7 aliphatic rings. The van der Waals surface area contributed by atoms with E-state index >= 15 is 0 Å². The number of carbonyl (C=O) groups excluding carboxylic acids is 3. The summed E-state index contributed by atoms with van der Waals surface area (Å²) < 4.78 is 30.4. The Morgan fingerprint density at radius 3 is 2.60 bits per heavy atom. The van der Waals surface area contributed by atoms with Crippen LogP contribution in [0.5, 0.6) is 0 Å². The molecule has 0 aromatic heterocycles. The van der Waals surface area contributed by atoms with Crippen LogP contribution in [0.2, 0.25) is 0 Å². The fourth-order valence-corrected chi connectivity index (χ4v) is 9.30. The van der Waals surface area contributed by atoms with E-state index in [0.29, 0.717) is 30.6 Å². The molecule has 2 spiro atoms. The molecule has 11 nitrogen and oxygen atoms in total. The summed E-state index contributed by atoms with van der Waals surface area (Å²) in [5, 5.41) is 34.6. The van der Waals surface area contributed by atoms with Crippen molar-refractivity contribution in [3.05, 3.63) is 23.5 Å². The van der Waals surface area contributed by atoms with Crippen LogP contribution in [0.25, 0.3) is 0 Å². The maximum Gasteiger partial charge on any atom is 0.339 e. The van der Waals surface area contributed by atoms with Gasteiger partial charge in [0.05, 0.1) is 42.2 Å². The Hall–Kier alpha value is -2.15. The molecule has 1 saturated carbocycles. The zero-order valence-corrected chi connectivity index (χ0v) is 23.1. The van der Waals surface area contributed by atoms with Crippen LogP contribution in [0.4, 0.5) is 0 Å². The SMILES string of the molecule is CC1=CC(=CC(C)C(=O)C2(C)CCC34CC56OC(=O)CC5OC(C)(CO)C6C5CC3C(O)(O5)C(O)(C2)O4)OC1=O. The minimum absolute atomic E-state index is 0.0228. The maximum absolute atomic E-state index is 13.9. The third-order valence-corrected chi connectivity index (χ3v) is 10.9. The second-order valence-electron chi connectivity index (χ2n) is 13.6. The van der Waals surface area contributed by atoms with E-state index in [1.165, 1.54) is 0 Å². The van der Waals surface area contributed by atoms with E-state index in [2.05, 4.69) is 0 Å². The normalized spacial score (nSPS) is 53.9. The molecular weight excluding hydrogens is 524 g/mol. The van der Waals surface area contributed by atoms with E-state index in [9.17, 15) is 29.7 Å². The van der Waals surface area contributed by atoms with Crippen molar-refractivity contribution in [3.63, 3.8) is 0 Å². The highest BCUT2D eigenvalue weighted by atomic mass is 16.8. The number of hydrogen-bond acceptors (Lipinski definition) is 11. The van der Waals surface area contributed by atoms with E-state index in [1.54, 1.807) is 39.8 Å². The topological polar surface area (TPSA) is 158 Å². The van der Waals surface area contributed by atoms with Gasteiger partial charge >= 0.3 is 11.9 Å². The zero-order chi connectivity index (χ0) is 28.7. The van der Waals surface area contributed by atoms with Gasteiger partial charge in [-0.15, -0.1) is 0 Å². The van der Waals surface area contributed by atoms with Crippen LogP contribution in [0.1, 0.15) is 66.2 Å². The molecule has 5 saturated heterocycles. The minimum atomic E-state index is -2.21. The quantitative estimate of drug-likeness (QED) is 0.424. The summed E-state index contributed by atoms with van der Waals surface area (Å²) in [6.45, 7) is 6.52. The average Bonchev–Trinajstić information content (AvgIpc) is 3.53. The lowest BCUT2D eigenvalue weighted by molar-refractivity contribution is -0.361. The van der Waals surface area contributed by atoms with Gasteiger partial charge in [0.2, 0.25) is 11.6 Å². The van der Waals surface area contributed by atoms with Crippen LogP contribution >= 0.6 is 0 Å². The summed E-state index contributed by atoms with van der Waals surface area (Å²) in [7, 11) is 0. The first-order chi connectivity index (χ1) is 18.6. The molecular formula is C29H36O11. The van der Waals surface area contributed by atoms with Crippen LogP contribution in [-0.4, -0.2) is 80.2 Å². The third-order valence-electron chi connectivity index (χ3n) is 10.9. The van der Waals surface area contributed by atoms with Crippen molar-refractivity contribution in [2.45, 2.75) is 107 Å². The minimum Gasteiger partial charge on any atom is -0.456 e.